The largest absolute Gasteiger partial charge is 0.351 e. The molecule has 0 N–H and O–H groups in total. The van der Waals surface area contributed by atoms with Crippen molar-refractivity contribution in [3.63, 3.8) is 0 Å². The number of hydrogen-bond acceptors (Lipinski definition) is 1. The van der Waals surface area contributed by atoms with E-state index in [9.17, 15) is 0 Å². The van der Waals surface area contributed by atoms with Gasteiger partial charge in [-0.3, -0.25) is 4.99 Å². The molecule has 0 fully saturated rings. The summed E-state index contributed by atoms with van der Waals surface area (Å²) >= 11 is 0. The predicted octanol–water partition coefficient (Wildman–Crippen LogP) is 5.16. The topological polar surface area (TPSA) is 17.3 Å². The van der Waals surface area contributed by atoms with Gasteiger partial charge in [-0.2, -0.15) is 0 Å². The molecule has 0 aliphatic heterocycles. The lowest BCUT2D eigenvalue weighted by molar-refractivity contribution is 0.603. The van der Waals surface area contributed by atoms with Crippen LogP contribution in [-0.4, -0.2) is 10.8 Å². The highest BCUT2D eigenvalue weighted by molar-refractivity contribution is 5.81. The normalized spacial score (nSPS) is 11.6. The van der Waals surface area contributed by atoms with E-state index in [2.05, 4.69) is 73.1 Å². The van der Waals surface area contributed by atoms with Crippen molar-refractivity contribution in [2.24, 2.45) is 4.99 Å². The van der Waals surface area contributed by atoms with Crippen molar-refractivity contribution in [3.05, 3.63) is 53.9 Å². The molecule has 2 nitrogen and oxygen atoms in total. The van der Waals surface area contributed by atoms with Gasteiger partial charge in [-0.05, 0) is 50.5 Å². The fourth-order valence-corrected chi connectivity index (χ4v) is 2.11. The average Bonchev–Trinajstić information content (AvgIpc) is 2.93. The van der Waals surface area contributed by atoms with Crippen LogP contribution in [0.3, 0.4) is 0 Å². The van der Waals surface area contributed by atoms with Gasteiger partial charge in [-0.1, -0.05) is 25.5 Å². The summed E-state index contributed by atoms with van der Waals surface area (Å²) in [5, 5.41) is 0. The van der Waals surface area contributed by atoms with Crippen molar-refractivity contribution in [1.82, 2.24) is 4.57 Å². The molecule has 1 aromatic heterocycles. The molecule has 2 rings (SSSR count). The Hall–Kier alpha value is -1.83. The molecule has 0 radical (unpaired) electrons. The lowest BCUT2D eigenvalue weighted by atomic mass is 10.1. The minimum Gasteiger partial charge on any atom is -0.351 e. The summed E-state index contributed by atoms with van der Waals surface area (Å²) in [5.41, 5.74) is 3.56. The molecule has 0 aliphatic rings. The van der Waals surface area contributed by atoms with E-state index >= 15 is 0 Å². The van der Waals surface area contributed by atoms with E-state index < -0.39 is 0 Å². The summed E-state index contributed by atoms with van der Waals surface area (Å²) in [5.74, 6) is 0. The first kappa shape index (κ1) is 14.6. The number of aromatic nitrogens is 1. The van der Waals surface area contributed by atoms with Crippen LogP contribution in [0.1, 0.15) is 50.8 Å². The fourth-order valence-electron chi connectivity index (χ4n) is 2.11. The van der Waals surface area contributed by atoms with Crippen molar-refractivity contribution >= 4 is 11.9 Å². The standard InChI is InChI=1S/C18H24N2/c1-4-5-6-16-7-9-18(10-8-16)19-13-17-11-12-20(14-17)15(2)3/h7-15H,4-6H2,1-3H3. The molecule has 0 atom stereocenters. The van der Waals surface area contributed by atoms with Crippen LogP contribution >= 0.6 is 0 Å². The Bertz CT molecular complexity index is 547. The molecular weight excluding hydrogens is 244 g/mol. The van der Waals surface area contributed by atoms with E-state index in [1.807, 2.05) is 6.21 Å². The molecule has 1 heterocycles. The van der Waals surface area contributed by atoms with Gasteiger partial charge in [0.1, 0.15) is 0 Å². The smallest absolute Gasteiger partial charge is 0.0630 e. The number of aliphatic imine (C=N–C) groups is 1. The summed E-state index contributed by atoms with van der Waals surface area (Å²) < 4.78 is 2.19. The minimum absolute atomic E-state index is 0.495. The molecule has 2 aromatic rings. The molecule has 0 unspecified atom stereocenters. The van der Waals surface area contributed by atoms with Crippen LogP contribution in [-0.2, 0) is 6.42 Å². The van der Waals surface area contributed by atoms with Gasteiger partial charge in [-0.25, -0.2) is 0 Å². The van der Waals surface area contributed by atoms with Crippen molar-refractivity contribution in [2.45, 2.75) is 46.1 Å². The third-order valence-corrected chi connectivity index (χ3v) is 3.45. The van der Waals surface area contributed by atoms with Crippen LogP contribution in [0.4, 0.5) is 5.69 Å². The van der Waals surface area contributed by atoms with Gasteiger partial charge < -0.3 is 4.57 Å². The first-order valence-electron chi connectivity index (χ1n) is 7.49. The Morgan fingerprint density at radius 2 is 1.90 bits per heavy atom. The molecule has 0 spiro atoms. The monoisotopic (exact) mass is 268 g/mol. The van der Waals surface area contributed by atoms with Crippen molar-refractivity contribution in [2.75, 3.05) is 0 Å². The highest BCUT2D eigenvalue weighted by atomic mass is 15.0. The first-order chi connectivity index (χ1) is 9.69. The second-order valence-corrected chi connectivity index (χ2v) is 5.51. The first-order valence-corrected chi connectivity index (χ1v) is 7.49. The third-order valence-electron chi connectivity index (χ3n) is 3.45. The minimum atomic E-state index is 0.495. The highest BCUT2D eigenvalue weighted by Gasteiger charge is 1.98. The Balaban J connectivity index is 1.99. The van der Waals surface area contributed by atoms with E-state index in [4.69, 9.17) is 0 Å². The number of hydrogen-bond donors (Lipinski definition) is 0. The van der Waals surface area contributed by atoms with Crippen molar-refractivity contribution in [3.8, 4) is 0 Å². The summed E-state index contributed by atoms with van der Waals surface area (Å²) in [6.07, 6.45) is 9.82. The maximum absolute atomic E-state index is 4.53. The summed E-state index contributed by atoms with van der Waals surface area (Å²) in [6.45, 7) is 6.58. The third kappa shape index (κ3) is 4.09. The molecule has 2 heteroatoms. The van der Waals surface area contributed by atoms with Gasteiger partial charge in [0, 0.05) is 30.2 Å². The second kappa shape index (κ2) is 7.09. The Morgan fingerprint density at radius 1 is 1.15 bits per heavy atom. The van der Waals surface area contributed by atoms with E-state index in [-0.39, 0.29) is 0 Å². The van der Waals surface area contributed by atoms with Gasteiger partial charge in [0.25, 0.3) is 0 Å². The maximum Gasteiger partial charge on any atom is 0.0630 e. The van der Waals surface area contributed by atoms with Gasteiger partial charge in [0.05, 0.1) is 5.69 Å². The molecule has 1 aromatic carbocycles. The van der Waals surface area contributed by atoms with Gasteiger partial charge >= 0.3 is 0 Å². The molecule has 0 amide bonds. The molecule has 0 aliphatic carbocycles. The number of nitrogens with zero attached hydrogens (tertiary/aromatic N) is 2. The van der Waals surface area contributed by atoms with Crippen LogP contribution in [0.25, 0.3) is 0 Å². The predicted molar refractivity (Wildman–Crippen MR) is 87.1 cm³/mol. The lowest BCUT2D eigenvalue weighted by Gasteiger charge is -2.04. The average molecular weight is 268 g/mol. The number of benzene rings is 1. The van der Waals surface area contributed by atoms with Crippen LogP contribution in [0.5, 0.6) is 0 Å². The van der Waals surface area contributed by atoms with Gasteiger partial charge in [0.2, 0.25) is 0 Å². The Labute approximate surface area is 122 Å². The van der Waals surface area contributed by atoms with E-state index in [1.165, 1.54) is 18.4 Å². The van der Waals surface area contributed by atoms with Crippen LogP contribution in [0.2, 0.25) is 0 Å². The summed E-state index contributed by atoms with van der Waals surface area (Å²) in [7, 11) is 0. The lowest BCUT2D eigenvalue weighted by Crippen LogP contribution is -1.95. The van der Waals surface area contributed by atoms with Crippen LogP contribution in [0, 0.1) is 0 Å². The fraction of sp³-hybridized carbons (Fsp3) is 0.389. The molecule has 0 bridgehead atoms. The van der Waals surface area contributed by atoms with Gasteiger partial charge in [-0.15, -0.1) is 0 Å². The van der Waals surface area contributed by atoms with Crippen LogP contribution in [0.15, 0.2) is 47.7 Å². The molecule has 0 saturated heterocycles. The number of unbranched alkanes of at least 4 members (excludes halogenated alkanes) is 1. The van der Waals surface area contributed by atoms with E-state index in [0.717, 1.165) is 17.7 Å². The highest BCUT2D eigenvalue weighted by Crippen LogP contribution is 2.15. The number of rotatable bonds is 6. The Kier molecular flexibility index (Phi) is 5.16. The molecule has 0 saturated carbocycles. The zero-order valence-electron chi connectivity index (χ0n) is 12.7. The van der Waals surface area contributed by atoms with E-state index in [1.54, 1.807) is 0 Å². The Morgan fingerprint density at radius 3 is 2.50 bits per heavy atom. The van der Waals surface area contributed by atoms with Crippen molar-refractivity contribution in [1.29, 1.82) is 0 Å². The summed E-state index contributed by atoms with van der Waals surface area (Å²) in [4.78, 5) is 4.53. The second-order valence-electron chi connectivity index (χ2n) is 5.51. The van der Waals surface area contributed by atoms with Gasteiger partial charge in [0.15, 0.2) is 0 Å². The maximum atomic E-state index is 4.53. The molecule has 106 valence electrons. The van der Waals surface area contributed by atoms with Crippen molar-refractivity contribution < 1.29 is 0 Å². The van der Waals surface area contributed by atoms with Crippen LogP contribution < -0.4 is 0 Å². The SMILES string of the molecule is CCCCc1ccc(N=Cc2ccn(C(C)C)c2)cc1. The molecular formula is C18H24N2. The number of aryl methyl sites for hydroxylation is 1. The quantitative estimate of drug-likeness (QED) is 0.644. The summed E-state index contributed by atoms with van der Waals surface area (Å²) in [6, 6.07) is 11.2. The molecule has 20 heavy (non-hydrogen) atoms. The van der Waals surface area contributed by atoms with E-state index in [0.29, 0.717) is 6.04 Å². The zero-order valence-corrected chi connectivity index (χ0v) is 12.7. The zero-order chi connectivity index (χ0) is 14.4.